The minimum atomic E-state index is 0.00527. The van der Waals surface area contributed by atoms with Gasteiger partial charge in [0.15, 0.2) is 0 Å². The molecule has 1 heterocycles. The van der Waals surface area contributed by atoms with Crippen LogP contribution in [0, 0.1) is 5.92 Å². The molecule has 2 nitrogen and oxygen atoms in total. The maximum atomic E-state index is 11.4. The van der Waals surface area contributed by atoms with Crippen LogP contribution in [0.4, 0.5) is 0 Å². The van der Waals surface area contributed by atoms with E-state index < -0.39 is 0 Å². The van der Waals surface area contributed by atoms with Crippen LogP contribution in [0.1, 0.15) is 12.0 Å². The monoisotopic (exact) mass is 241 g/mol. The lowest BCUT2D eigenvalue weighted by atomic mass is 9.95. The molecule has 1 aliphatic heterocycles. The fourth-order valence-electron chi connectivity index (χ4n) is 2.44. The Kier molecular flexibility index (Phi) is 1.83. The molecule has 1 aromatic rings. The highest BCUT2D eigenvalue weighted by Gasteiger charge is 2.63. The number of hydrogen-bond donors (Lipinski definition) is 1. The van der Waals surface area contributed by atoms with Crippen molar-refractivity contribution in [3.05, 3.63) is 33.8 Å². The Hall–Kier alpha value is -0.730. The Morgan fingerprint density at radius 1 is 1.33 bits per heavy atom. The molecule has 2 aliphatic rings. The van der Waals surface area contributed by atoms with Gasteiger partial charge in [0, 0.05) is 12.0 Å². The number of nitrogens with one attached hydrogen (secondary N) is 1. The molecule has 1 amide bonds. The number of carbonyl (C=O) groups excluding carboxylic acids is 1. The molecule has 2 fully saturated rings. The molecule has 78 valence electrons. The highest BCUT2D eigenvalue weighted by molar-refractivity contribution is 6.42. The third kappa shape index (κ3) is 1.21. The molecule has 1 saturated heterocycles. The third-order valence-electron chi connectivity index (χ3n) is 3.46. The lowest BCUT2D eigenvalue weighted by Gasteiger charge is -2.12. The molecule has 1 aliphatic carbocycles. The van der Waals surface area contributed by atoms with Crippen molar-refractivity contribution < 1.29 is 4.79 Å². The van der Waals surface area contributed by atoms with Crippen LogP contribution in [0.5, 0.6) is 0 Å². The second-order valence-electron chi connectivity index (χ2n) is 4.26. The molecule has 0 bridgehead atoms. The number of halogens is 2. The van der Waals surface area contributed by atoms with E-state index >= 15 is 0 Å². The van der Waals surface area contributed by atoms with E-state index in [9.17, 15) is 4.79 Å². The van der Waals surface area contributed by atoms with Gasteiger partial charge in [-0.2, -0.15) is 0 Å². The van der Waals surface area contributed by atoms with Crippen molar-refractivity contribution in [2.24, 2.45) is 5.92 Å². The van der Waals surface area contributed by atoms with Gasteiger partial charge in [-0.05, 0) is 24.1 Å². The first-order valence-corrected chi connectivity index (χ1v) is 5.62. The summed E-state index contributed by atoms with van der Waals surface area (Å²) in [6.07, 6.45) is 0.941. The number of piperidine rings is 1. The molecule has 15 heavy (non-hydrogen) atoms. The summed E-state index contributed by atoms with van der Waals surface area (Å²) in [7, 11) is 0. The quantitative estimate of drug-likeness (QED) is 0.804. The molecule has 0 spiro atoms. The van der Waals surface area contributed by atoms with Gasteiger partial charge in [0.25, 0.3) is 0 Å². The first-order valence-electron chi connectivity index (χ1n) is 4.87. The van der Waals surface area contributed by atoms with Crippen LogP contribution < -0.4 is 5.32 Å². The van der Waals surface area contributed by atoms with Crippen molar-refractivity contribution in [3.8, 4) is 0 Å². The van der Waals surface area contributed by atoms with Gasteiger partial charge in [-0.25, -0.2) is 0 Å². The maximum absolute atomic E-state index is 11.4. The number of rotatable bonds is 1. The van der Waals surface area contributed by atoms with Crippen LogP contribution in [0.25, 0.3) is 0 Å². The summed E-state index contributed by atoms with van der Waals surface area (Å²) in [6.45, 7) is 0.731. The Morgan fingerprint density at radius 3 is 2.67 bits per heavy atom. The average molecular weight is 242 g/mol. The van der Waals surface area contributed by atoms with E-state index in [4.69, 9.17) is 23.2 Å². The standard InChI is InChI=1S/C11H9Cl2NO/c12-8-2-1-6(3-9(8)13)11-4-7(11)10(15)14-5-11/h1-3,7H,4-5H2,(H,14,15)/t7-,11-/m1/s1. The Morgan fingerprint density at radius 2 is 2.13 bits per heavy atom. The summed E-state index contributed by atoms with van der Waals surface area (Å²) in [5, 5.41) is 4.00. The van der Waals surface area contributed by atoms with Gasteiger partial charge in [-0.15, -0.1) is 0 Å². The van der Waals surface area contributed by atoms with Gasteiger partial charge in [-0.3, -0.25) is 4.79 Å². The van der Waals surface area contributed by atoms with Crippen LogP contribution in [0.2, 0.25) is 10.0 Å². The molecule has 0 radical (unpaired) electrons. The van der Waals surface area contributed by atoms with Gasteiger partial charge in [0.05, 0.1) is 16.0 Å². The molecule has 0 aromatic heterocycles. The number of carbonyl (C=O) groups is 1. The van der Waals surface area contributed by atoms with E-state index in [2.05, 4.69) is 5.32 Å². The summed E-state index contributed by atoms with van der Waals surface area (Å²) in [5.74, 6) is 0.316. The van der Waals surface area contributed by atoms with Crippen molar-refractivity contribution in [2.75, 3.05) is 6.54 Å². The largest absolute Gasteiger partial charge is 0.355 e. The second-order valence-corrected chi connectivity index (χ2v) is 5.07. The molecular formula is C11H9Cl2NO. The van der Waals surface area contributed by atoms with Crippen molar-refractivity contribution in [1.82, 2.24) is 5.32 Å². The first-order chi connectivity index (χ1) is 7.13. The van der Waals surface area contributed by atoms with E-state index in [1.807, 2.05) is 12.1 Å². The fourth-order valence-corrected chi connectivity index (χ4v) is 2.74. The molecular weight excluding hydrogens is 233 g/mol. The third-order valence-corrected chi connectivity index (χ3v) is 4.20. The van der Waals surface area contributed by atoms with E-state index in [-0.39, 0.29) is 17.2 Å². The van der Waals surface area contributed by atoms with E-state index in [0.717, 1.165) is 18.5 Å². The highest BCUT2D eigenvalue weighted by atomic mass is 35.5. The molecule has 4 heteroatoms. The summed E-state index contributed by atoms with van der Waals surface area (Å²) < 4.78 is 0. The Bertz CT molecular complexity index is 460. The maximum Gasteiger partial charge on any atom is 0.224 e. The minimum Gasteiger partial charge on any atom is -0.355 e. The zero-order valence-electron chi connectivity index (χ0n) is 7.89. The van der Waals surface area contributed by atoms with Gasteiger partial charge < -0.3 is 5.32 Å². The van der Waals surface area contributed by atoms with Gasteiger partial charge in [0.2, 0.25) is 5.91 Å². The fraction of sp³-hybridized carbons (Fsp3) is 0.364. The van der Waals surface area contributed by atoms with E-state index in [1.165, 1.54) is 0 Å². The topological polar surface area (TPSA) is 29.1 Å². The average Bonchev–Trinajstić information content (AvgIpc) is 2.88. The zero-order chi connectivity index (χ0) is 10.6. The molecule has 3 rings (SSSR count). The van der Waals surface area contributed by atoms with Crippen molar-refractivity contribution in [3.63, 3.8) is 0 Å². The normalized spacial score (nSPS) is 32.4. The molecule has 1 aromatic carbocycles. The summed E-state index contributed by atoms with van der Waals surface area (Å²) in [5.41, 5.74) is 1.13. The molecule has 1 N–H and O–H groups in total. The smallest absolute Gasteiger partial charge is 0.224 e. The number of amides is 1. The van der Waals surface area contributed by atoms with Crippen LogP contribution in [-0.2, 0) is 10.2 Å². The van der Waals surface area contributed by atoms with Gasteiger partial charge in [0.1, 0.15) is 0 Å². The van der Waals surface area contributed by atoms with Crippen LogP contribution >= 0.6 is 23.2 Å². The van der Waals surface area contributed by atoms with E-state index in [1.54, 1.807) is 6.07 Å². The minimum absolute atomic E-state index is 0.00527. The summed E-state index contributed by atoms with van der Waals surface area (Å²) in [4.78, 5) is 11.4. The van der Waals surface area contributed by atoms with Gasteiger partial charge in [-0.1, -0.05) is 29.3 Å². The number of hydrogen-bond acceptors (Lipinski definition) is 1. The van der Waals surface area contributed by atoms with Crippen LogP contribution in [0.3, 0.4) is 0 Å². The van der Waals surface area contributed by atoms with Gasteiger partial charge >= 0.3 is 0 Å². The predicted octanol–water partition coefficient (Wildman–Crippen LogP) is 2.38. The predicted molar refractivity (Wildman–Crippen MR) is 59.3 cm³/mol. The highest BCUT2D eigenvalue weighted by Crippen LogP contribution is 2.57. The SMILES string of the molecule is O=C1NC[C@@]2(c3ccc(Cl)c(Cl)c3)C[C@H]12. The summed E-state index contributed by atoms with van der Waals surface area (Å²) in [6, 6.07) is 5.64. The van der Waals surface area contributed by atoms with Crippen molar-refractivity contribution in [2.45, 2.75) is 11.8 Å². The Balaban J connectivity index is 2.01. The van der Waals surface area contributed by atoms with Crippen molar-refractivity contribution >= 4 is 29.1 Å². The second kappa shape index (κ2) is 2.89. The number of fused-ring (bicyclic) bond motifs is 1. The Labute approximate surface area is 97.6 Å². The molecule has 1 saturated carbocycles. The lowest BCUT2D eigenvalue weighted by Crippen LogP contribution is -2.22. The molecule has 2 atom stereocenters. The first kappa shape index (κ1) is 9.49. The van der Waals surface area contributed by atoms with Crippen molar-refractivity contribution in [1.29, 1.82) is 0 Å². The molecule has 0 unspecified atom stereocenters. The number of benzene rings is 1. The van der Waals surface area contributed by atoms with Crippen LogP contribution in [0.15, 0.2) is 18.2 Å². The van der Waals surface area contributed by atoms with E-state index in [0.29, 0.717) is 10.0 Å². The van der Waals surface area contributed by atoms with Crippen LogP contribution in [-0.4, -0.2) is 12.5 Å². The zero-order valence-corrected chi connectivity index (χ0v) is 9.40. The summed E-state index contributed by atoms with van der Waals surface area (Å²) >= 11 is 11.8. The lowest BCUT2D eigenvalue weighted by molar-refractivity contribution is -0.120.